The fourth-order valence-electron chi connectivity index (χ4n) is 4.34. The number of thiazole rings is 1. The van der Waals surface area contributed by atoms with Gasteiger partial charge in [-0.25, -0.2) is 4.98 Å². The zero-order chi connectivity index (χ0) is 23.4. The molecule has 1 atom stereocenters. The van der Waals surface area contributed by atoms with E-state index in [1.165, 1.54) is 11.3 Å². The average molecular weight is 471 g/mol. The second-order valence-corrected chi connectivity index (χ2v) is 8.86. The van der Waals surface area contributed by atoms with Crippen molar-refractivity contribution >= 4 is 43.6 Å². The summed E-state index contributed by atoms with van der Waals surface area (Å²) < 4.78 is 17.5. The average Bonchev–Trinajstić information content (AvgIpc) is 3.42. The summed E-state index contributed by atoms with van der Waals surface area (Å²) in [5.41, 5.74) is 1.96. The van der Waals surface area contributed by atoms with Crippen LogP contribution in [0.3, 0.4) is 0 Å². The Morgan fingerprint density at radius 3 is 2.44 bits per heavy atom. The molecule has 0 saturated heterocycles. The Morgan fingerprint density at radius 2 is 1.68 bits per heavy atom. The van der Waals surface area contributed by atoms with Gasteiger partial charge < -0.3 is 13.9 Å². The normalized spacial score (nSPS) is 15.2. The number of hydrogen-bond donors (Lipinski definition) is 0. The van der Waals surface area contributed by atoms with Crippen molar-refractivity contribution in [3.63, 3.8) is 0 Å². The first-order chi connectivity index (χ1) is 16.6. The predicted octanol–water partition coefficient (Wildman–Crippen LogP) is 5.17. The molecule has 1 aliphatic heterocycles. The quantitative estimate of drug-likeness (QED) is 0.360. The van der Waals surface area contributed by atoms with Gasteiger partial charge >= 0.3 is 0 Å². The molecule has 168 valence electrons. The molecule has 0 radical (unpaired) electrons. The van der Waals surface area contributed by atoms with Crippen molar-refractivity contribution < 1.29 is 18.7 Å². The summed E-state index contributed by atoms with van der Waals surface area (Å²) in [6.45, 7) is 0. The minimum absolute atomic E-state index is 0.0429. The summed E-state index contributed by atoms with van der Waals surface area (Å²) in [6, 6.07) is 19.1. The highest BCUT2D eigenvalue weighted by molar-refractivity contribution is 7.22. The fraction of sp³-hybridized carbons (Fsp3) is 0.115. The lowest BCUT2D eigenvalue weighted by Gasteiger charge is -2.22. The van der Waals surface area contributed by atoms with Gasteiger partial charge in [0.2, 0.25) is 5.76 Å². The highest BCUT2D eigenvalue weighted by Crippen LogP contribution is 2.44. The maximum absolute atomic E-state index is 13.7. The number of carbonyl (C=O) groups excluding carboxylic acids is 1. The van der Waals surface area contributed by atoms with Crippen LogP contribution in [0.15, 0.2) is 75.9 Å². The van der Waals surface area contributed by atoms with Crippen LogP contribution in [0.2, 0.25) is 0 Å². The molecule has 0 bridgehead atoms. The minimum Gasteiger partial charge on any atom is -0.497 e. The van der Waals surface area contributed by atoms with Crippen molar-refractivity contribution in [2.75, 3.05) is 19.1 Å². The van der Waals surface area contributed by atoms with Gasteiger partial charge in [-0.1, -0.05) is 35.6 Å². The number of aromatic nitrogens is 1. The Balaban J connectivity index is 1.60. The summed E-state index contributed by atoms with van der Waals surface area (Å²) in [7, 11) is 3.19. The molecular weight excluding hydrogens is 452 g/mol. The van der Waals surface area contributed by atoms with E-state index in [4.69, 9.17) is 18.9 Å². The van der Waals surface area contributed by atoms with E-state index in [0.717, 1.165) is 15.8 Å². The molecule has 7 nitrogen and oxygen atoms in total. The number of ether oxygens (including phenoxy) is 2. The van der Waals surface area contributed by atoms with Gasteiger partial charge in [0.05, 0.1) is 41.4 Å². The second-order valence-electron chi connectivity index (χ2n) is 7.85. The van der Waals surface area contributed by atoms with E-state index in [9.17, 15) is 9.59 Å². The molecule has 3 heterocycles. The minimum atomic E-state index is -0.684. The first-order valence-corrected chi connectivity index (χ1v) is 11.4. The Hall–Kier alpha value is -4.17. The molecule has 0 unspecified atom stereocenters. The maximum atomic E-state index is 13.7. The Kier molecular flexibility index (Phi) is 4.63. The van der Waals surface area contributed by atoms with Gasteiger partial charge in [0.1, 0.15) is 17.1 Å². The second kappa shape index (κ2) is 7.71. The SMILES string of the molecule is COc1ccc([C@H]2c3c(oc4ccccc4c3=O)C(=O)N2c2nc3ccc(OC)cc3s2)cc1. The molecular formula is C26H18N2O5S. The molecule has 0 aliphatic carbocycles. The first kappa shape index (κ1) is 20.4. The van der Waals surface area contributed by atoms with Crippen LogP contribution < -0.4 is 19.8 Å². The van der Waals surface area contributed by atoms with Crippen molar-refractivity contribution in [3.8, 4) is 11.5 Å². The van der Waals surface area contributed by atoms with Gasteiger partial charge in [-0.3, -0.25) is 14.5 Å². The van der Waals surface area contributed by atoms with Crippen molar-refractivity contribution in [2.45, 2.75) is 6.04 Å². The van der Waals surface area contributed by atoms with Crippen molar-refractivity contribution in [3.05, 3.63) is 93.8 Å². The lowest BCUT2D eigenvalue weighted by atomic mass is 9.98. The molecule has 0 spiro atoms. The molecule has 3 aromatic carbocycles. The number of benzene rings is 3. The maximum Gasteiger partial charge on any atom is 0.297 e. The highest BCUT2D eigenvalue weighted by atomic mass is 32.1. The Bertz CT molecular complexity index is 1640. The number of rotatable bonds is 4. The van der Waals surface area contributed by atoms with Crippen LogP contribution in [0.25, 0.3) is 21.2 Å². The largest absolute Gasteiger partial charge is 0.497 e. The number of carbonyl (C=O) groups is 1. The van der Waals surface area contributed by atoms with Crippen LogP contribution in [-0.2, 0) is 0 Å². The van der Waals surface area contributed by atoms with Gasteiger partial charge in [-0.2, -0.15) is 0 Å². The van der Waals surface area contributed by atoms with Crippen LogP contribution in [0, 0.1) is 0 Å². The number of anilines is 1. The van der Waals surface area contributed by atoms with Gasteiger partial charge in [-0.05, 0) is 48.0 Å². The van der Waals surface area contributed by atoms with Crippen LogP contribution in [0.4, 0.5) is 5.13 Å². The van der Waals surface area contributed by atoms with Crippen molar-refractivity contribution in [2.24, 2.45) is 0 Å². The molecule has 1 amide bonds. The fourth-order valence-corrected chi connectivity index (χ4v) is 5.36. The zero-order valence-electron chi connectivity index (χ0n) is 18.3. The first-order valence-electron chi connectivity index (χ1n) is 10.6. The highest BCUT2D eigenvalue weighted by Gasteiger charge is 2.45. The van der Waals surface area contributed by atoms with E-state index in [1.807, 2.05) is 42.5 Å². The van der Waals surface area contributed by atoms with Crippen molar-refractivity contribution in [1.29, 1.82) is 0 Å². The summed E-state index contributed by atoms with van der Waals surface area (Å²) >= 11 is 1.36. The number of amides is 1. The third-order valence-electron chi connectivity index (χ3n) is 6.00. The van der Waals surface area contributed by atoms with E-state index < -0.39 is 11.9 Å². The molecule has 2 aromatic heterocycles. The number of para-hydroxylation sites is 1. The van der Waals surface area contributed by atoms with E-state index in [0.29, 0.717) is 33.2 Å². The topological polar surface area (TPSA) is 81.9 Å². The molecule has 6 rings (SSSR count). The summed E-state index contributed by atoms with van der Waals surface area (Å²) in [6.07, 6.45) is 0. The predicted molar refractivity (Wildman–Crippen MR) is 130 cm³/mol. The van der Waals surface area contributed by atoms with Gasteiger partial charge in [0.15, 0.2) is 10.6 Å². The molecule has 5 aromatic rings. The smallest absolute Gasteiger partial charge is 0.297 e. The third-order valence-corrected chi connectivity index (χ3v) is 7.02. The number of methoxy groups -OCH3 is 2. The standard InChI is InChI=1S/C26H18N2O5S/c1-31-15-9-7-14(8-10-15)22-21-23(29)17-5-3-4-6-19(17)33-24(21)25(30)28(22)26-27-18-12-11-16(32-2)13-20(18)34-26/h3-13,22H,1-2H3/t22-/m0/s1. The van der Waals surface area contributed by atoms with E-state index >= 15 is 0 Å². The Morgan fingerprint density at radius 1 is 0.941 bits per heavy atom. The molecule has 0 fully saturated rings. The van der Waals surface area contributed by atoms with E-state index in [1.54, 1.807) is 43.4 Å². The van der Waals surface area contributed by atoms with Crippen LogP contribution >= 0.6 is 11.3 Å². The van der Waals surface area contributed by atoms with E-state index in [-0.39, 0.29) is 11.2 Å². The number of nitrogens with zero attached hydrogens (tertiary/aromatic N) is 2. The van der Waals surface area contributed by atoms with Gasteiger partial charge in [-0.15, -0.1) is 0 Å². The summed E-state index contributed by atoms with van der Waals surface area (Å²) in [4.78, 5) is 33.6. The monoisotopic (exact) mass is 470 g/mol. The van der Waals surface area contributed by atoms with Crippen LogP contribution in [-0.4, -0.2) is 25.1 Å². The number of hydrogen-bond acceptors (Lipinski definition) is 7. The van der Waals surface area contributed by atoms with Crippen molar-refractivity contribution in [1.82, 2.24) is 4.98 Å². The lowest BCUT2D eigenvalue weighted by Crippen LogP contribution is -2.29. The van der Waals surface area contributed by atoms with E-state index in [2.05, 4.69) is 0 Å². The third kappa shape index (κ3) is 2.99. The Labute approximate surface area is 197 Å². The lowest BCUT2D eigenvalue weighted by molar-refractivity contribution is 0.0971. The molecule has 8 heteroatoms. The molecule has 0 N–H and O–H groups in total. The molecule has 1 aliphatic rings. The molecule has 0 saturated carbocycles. The number of fused-ring (bicyclic) bond motifs is 3. The van der Waals surface area contributed by atoms with Crippen LogP contribution in [0.5, 0.6) is 11.5 Å². The summed E-state index contributed by atoms with van der Waals surface area (Å²) in [5.74, 6) is 1.03. The molecule has 34 heavy (non-hydrogen) atoms. The van der Waals surface area contributed by atoms with Gasteiger partial charge in [0, 0.05) is 0 Å². The summed E-state index contributed by atoms with van der Waals surface area (Å²) in [5, 5.41) is 0.910. The zero-order valence-corrected chi connectivity index (χ0v) is 19.1. The van der Waals surface area contributed by atoms with Gasteiger partial charge in [0.25, 0.3) is 5.91 Å². The van der Waals surface area contributed by atoms with Crippen LogP contribution in [0.1, 0.15) is 27.7 Å².